The van der Waals surface area contributed by atoms with Crippen molar-refractivity contribution in [1.82, 2.24) is 24.6 Å². The third kappa shape index (κ3) is 3.94. The van der Waals surface area contributed by atoms with Crippen LogP contribution in [0.5, 0.6) is 0 Å². The van der Waals surface area contributed by atoms with Gasteiger partial charge in [-0.05, 0) is 51.3 Å². The van der Waals surface area contributed by atoms with Gasteiger partial charge in [0.05, 0.1) is 34.7 Å². The summed E-state index contributed by atoms with van der Waals surface area (Å²) in [7, 11) is 1.89. The highest BCUT2D eigenvalue weighted by molar-refractivity contribution is 5.93. The lowest BCUT2D eigenvalue weighted by Gasteiger charge is -2.31. The molecule has 1 aromatic carbocycles. The highest BCUT2D eigenvalue weighted by Gasteiger charge is 2.23. The van der Waals surface area contributed by atoms with Gasteiger partial charge >= 0.3 is 0 Å². The van der Waals surface area contributed by atoms with Crippen molar-refractivity contribution in [3.63, 3.8) is 0 Å². The average molecular weight is 380 g/mol. The van der Waals surface area contributed by atoms with Gasteiger partial charge in [-0.15, -0.1) is 0 Å². The van der Waals surface area contributed by atoms with Crippen LogP contribution >= 0.6 is 0 Å². The van der Waals surface area contributed by atoms with Crippen LogP contribution in [0.1, 0.15) is 30.1 Å². The number of aryl methyl sites for hydroxylation is 2. The average Bonchev–Trinajstić information content (AvgIpc) is 3.17. The van der Waals surface area contributed by atoms with Crippen molar-refractivity contribution in [3.8, 4) is 0 Å². The van der Waals surface area contributed by atoms with Gasteiger partial charge < -0.3 is 10.3 Å². The van der Waals surface area contributed by atoms with E-state index in [0.29, 0.717) is 12.5 Å². The number of para-hydroxylation sites is 2. The first-order chi connectivity index (χ1) is 13.5. The van der Waals surface area contributed by atoms with E-state index in [9.17, 15) is 4.79 Å². The maximum Gasteiger partial charge on any atom is 0.238 e. The van der Waals surface area contributed by atoms with Gasteiger partial charge in [0.1, 0.15) is 5.82 Å². The van der Waals surface area contributed by atoms with Crippen LogP contribution in [-0.2, 0) is 18.3 Å². The van der Waals surface area contributed by atoms with Crippen LogP contribution in [0, 0.1) is 19.8 Å². The number of rotatable bonds is 5. The lowest BCUT2D eigenvalue weighted by atomic mass is 9.94. The van der Waals surface area contributed by atoms with E-state index in [1.807, 2.05) is 39.1 Å². The third-order valence-corrected chi connectivity index (χ3v) is 5.66. The van der Waals surface area contributed by atoms with Crippen LogP contribution in [0.4, 0.5) is 5.69 Å². The number of hydrogen-bond donors (Lipinski definition) is 2. The van der Waals surface area contributed by atoms with Crippen molar-refractivity contribution >= 4 is 22.6 Å². The molecular weight excluding hydrogens is 352 g/mol. The van der Waals surface area contributed by atoms with Crippen LogP contribution in [0.3, 0.4) is 0 Å². The number of amides is 1. The Kier molecular flexibility index (Phi) is 5.17. The standard InChI is InChI=1S/C21H28N6O/c1-14-21(15(2)26(3)25-14)24-20(28)13-27-10-6-7-16(12-27)11-19-22-17-8-4-5-9-18(17)23-19/h4-5,8-9,16H,6-7,10-13H2,1-3H3,(H,22,23)(H,24,28). The first-order valence-corrected chi connectivity index (χ1v) is 9.95. The normalized spacial score (nSPS) is 17.9. The fraction of sp³-hybridized carbons (Fsp3) is 0.476. The minimum absolute atomic E-state index is 0.0311. The second kappa shape index (κ2) is 7.75. The molecule has 1 amide bonds. The van der Waals surface area contributed by atoms with Gasteiger partial charge in [-0.25, -0.2) is 4.98 Å². The minimum Gasteiger partial charge on any atom is -0.342 e. The monoisotopic (exact) mass is 380 g/mol. The van der Waals surface area contributed by atoms with Crippen molar-refractivity contribution in [2.45, 2.75) is 33.1 Å². The Balaban J connectivity index is 1.35. The maximum atomic E-state index is 12.6. The molecule has 0 bridgehead atoms. The van der Waals surface area contributed by atoms with Crippen molar-refractivity contribution < 1.29 is 4.79 Å². The summed E-state index contributed by atoms with van der Waals surface area (Å²) < 4.78 is 1.80. The summed E-state index contributed by atoms with van der Waals surface area (Å²) in [5.74, 6) is 1.59. The fourth-order valence-corrected chi connectivity index (χ4v) is 4.17. The van der Waals surface area contributed by atoms with Gasteiger partial charge in [0.25, 0.3) is 0 Å². The highest BCUT2D eigenvalue weighted by Crippen LogP contribution is 2.22. The van der Waals surface area contributed by atoms with Gasteiger partial charge in [-0.2, -0.15) is 5.10 Å². The summed E-state index contributed by atoms with van der Waals surface area (Å²) in [4.78, 5) is 23.0. The number of aromatic amines is 1. The number of benzene rings is 1. The molecule has 2 aromatic heterocycles. The van der Waals surface area contributed by atoms with Crippen molar-refractivity contribution in [2.75, 3.05) is 25.0 Å². The molecule has 7 nitrogen and oxygen atoms in total. The molecule has 1 unspecified atom stereocenters. The Labute approximate surface area is 165 Å². The van der Waals surface area contributed by atoms with Crippen molar-refractivity contribution in [3.05, 3.63) is 41.5 Å². The number of H-pyrrole nitrogens is 1. The number of fused-ring (bicyclic) bond motifs is 1. The van der Waals surface area contributed by atoms with E-state index >= 15 is 0 Å². The Morgan fingerprint density at radius 3 is 2.89 bits per heavy atom. The Morgan fingerprint density at radius 1 is 1.32 bits per heavy atom. The zero-order valence-corrected chi connectivity index (χ0v) is 16.8. The molecular formula is C21H28N6O. The molecule has 1 saturated heterocycles. The van der Waals surface area contributed by atoms with Gasteiger partial charge in [-0.1, -0.05) is 12.1 Å². The van der Waals surface area contributed by atoms with E-state index in [1.165, 1.54) is 6.42 Å². The molecule has 1 fully saturated rings. The van der Waals surface area contributed by atoms with Crippen molar-refractivity contribution in [1.29, 1.82) is 0 Å². The predicted molar refractivity (Wildman–Crippen MR) is 110 cm³/mol. The number of likely N-dealkylation sites (tertiary alicyclic amines) is 1. The summed E-state index contributed by atoms with van der Waals surface area (Å²) >= 11 is 0. The minimum atomic E-state index is 0.0311. The molecule has 0 spiro atoms. The maximum absolute atomic E-state index is 12.6. The SMILES string of the molecule is Cc1nn(C)c(C)c1NC(=O)CN1CCCC(Cc2nc3ccccc3[nH]2)C1. The second-order valence-corrected chi connectivity index (χ2v) is 7.87. The molecule has 0 aliphatic carbocycles. The van der Waals surface area contributed by atoms with E-state index in [2.05, 4.69) is 26.4 Å². The Hall–Kier alpha value is -2.67. The number of carbonyl (C=O) groups excluding carboxylic acids is 1. The number of aromatic nitrogens is 4. The number of nitrogens with one attached hydrogen (secondary N) is 2. The number of imidazole rings is 1. The lowest BCUT2D eigenvalue weighted by molar-refractivity contribution is -0.117. The number of anilines is 1. The zero-order valence-electron chi connectivity index (χ0n) is 16.8. The largest absolute Gasteiger partial charge is 0.342 e. The van der Waals surface area contributed by atoms with Gasteiger partial charge in [0.15, 0.2) is 0 Å². The molecule has 1 atom stereocenters. The summed E-state index contributed by atoms with van der Waals surface area (Å²) in [6.45, 7) is 6.21. The predicted octanol–water partition coefficient (Wildman–Crippen LogP) is 2.81. The van der Waals surface area contributed by atoms with Crippen molar-refractivity contribution in [2.24, 2.45) is 13.0 Å². The van der Waals surface area contributed by atoms with Crippen LogP contribution in [0.15, 0.2) is 24.3 Å². The molecule has 0 radical (unpaired) electrons. The molecule has 3 heterocycles. The number of nitrogens with zero attached hydrogens (tertiary/aromatic N) is 4. The molecule has 1 aliphatic heterocycles. The van der Waals surface area contributed by atoms with Gasteiger partial charge in [0.2, 0.25) is 5.91 Å². The highest BCUT2D eigenvalue weighted by atomic mass is 16.2. The summed E-state index contributed by atoms with van der Waals surface area (Å²) in [5, 5.41) is 7.41. The van der Waals surface area contributed by atoms with Crippen LogP contribution < -0.4 is 5.32 Å². The zero-order chi connectivity index (χ0) is 19.7. The Morgan fingerprint density at radius 2 is 2.14 bits per heavy atom. The van der Waals surface area contributed by atoms with E-state index in [-0.39, 0.29) is 5.91 Å². The molecule has 0 saturated carbocycles. The molecule has 2 N–H and O–H groups in total. The Bertz CT molecular complexity index is 955. The molecule has 148 valence electrons. The molecule has 7 heteroatoms. The van der Waals surface area contributed by atoms with Gasteiger partial charge in [-0.3, -0.25) is 14.4 Å². The van der Waals surface area contributed by atoms with E-state index in [4.69, 9.17) is 4.98 Å². The second-order valence-electron chi connectivity index (χ2n) is 7.87. The summed E-state index contributed by atoms with van der Waals surface area (Å²) in [6.07, 6.45) is 3.22. The van der Waals surface area contributed by atoms with Gasteiger partial charge in [0, 0.05) is 20.0 Å². The number of hydrogen-bond acceptors (Lipinski definition) is 4. The fourth-order valence-electron chi connectivity index (χ4n) is 4.17. The van der Waals surface area contributed by atoms with E-state index in [1.54, 1.807) is 4.68 Å². The van der Waals surface area contributed by atoms with E-state index in [0.717, 1.165) is 59.9 Å². The number of piperidine rings is 1. The first kappa shape index (κ1) is 18.7. The number of carbonyl (C=O) groups is 1. The molecule has 28 heavy (non-hydrogen) atoms. The van der Waals surface area contributed by atoms with Crippen LogP contribution in [-0.4, -0.2) is 50.2 Å². The molecule has 3 aromatic rings. The topological polar surface area (TPSA) is 78.8 Å². The molecule has 1 aliphatic rings. The quantitative estimate of drug-likeness (QED) is 0.713. The summed E-state index contributed by atoms with van der Waals surface area (Å²) in [5.41, 5.74) is 4.78. The smallest absolute Gasteiger partial charge is 0.238 e. The lowest BCUT2D eigenvalue weighted by Crippen LogP contribution is -2.41. The van der Waals surface area contributed by atoms with E-state index < -0.39 is 0 Å². The van der Waals surface area contributed by atoms with Crippen LogP contribution in [0.2, 0.25) is 0 Å². The third-order valence-electron chi connectivity index (χ3n) is 5.66. The first-order valence-electron chi connectivity index (χ1n) is 9.95. The van der Waals surface area contributed by atoms with Crippen LogP contribution in [0.25, 0.3) is 11.0 Å². The summed E-state index contributed by atoms with van der Waals surface area (Å²) in [6, 6.07) is 8.14. The molecule has 4 rings (SSSR count).